The Morgan fingerprint density at radius 3 is 2.67 bits per heavy atom. The molecule has 3 rings (SSSR count). The maximum Gasteiger partial charge on any atom is 0.235 e. The summed E-state index contributed by atoms with van der Waals surface area (Å²) in [6.07, 6.45) is 5.64. The van der Waals surface area contributed by atoms with Crippen LogP contribution in [0.1, 0.15) is 26.7 Å². The van der Waals surface area contributed by atoms with E-state index < -0.39 is 0 Å². The molecule has 1 fully saturated rings. The first-order valence-electron chi connectivity index (χ1n) is 9.38. The first kappa shape index (κ1) is 19.8. The zero-order chi connectivity index (χ0) is 19.2. The average molecular weight is 390 g/mol. The van der Waals surface area contributed by atoms with Gasteiger partial charge in [0.25, 0.3) is 0 Å². The molecule has 8 heteroatoms. The highest BCUT2D eigenvalue weighted by Gasteiger charge is 2.27. The molecular formula is C19H27N5O2S. The van der Waals surface area contributed by atoms with Crippen molar-refractivity contribution in [2.45, 2.75) is 43.6 Å². The molecule has 0 aromatic carbocycles. The van der Waals surface area contributed by atoms with Gasteiger partial charge in [0.15, 0.2) is 11.0 Å². The number of likely N-dealkylation sites (tertiary alicyclic amines) is 1. The molecular weight excluding hydrogens is 362 g/mol. The van der Waals surface area contributed by atoms with Crippen molar-refractivity contribution in [1.82, 2.24) is 24.6 Å². The van der Waals surface area contributed by atoms with Crippen molar-refractivity contribution in [3.05, 3.63) is 24.5 Å². The highest BCUT2D eigenvalue weighted by atomic mass is 32.2. The average Bonchev–Trinajstić information content (AvgIpc) is 3.09. The van der Waals surface area contributed by atoms with Gasteiger partial charge in [0.05, 0.1) is 18.4 Å². The number of carbonyl (C=O) groups excluding carboxylic acids is 1. The van der Waals surface area contributed by atoms with Gasteiger partial charge in [-0.15, -0.1) is 10.2 Å². The van der Waals surface area contributed by atoms with Crippen LogP contribution < -0.4 is 0 Å². The lowest BCUT2D eigenvalue weighted by Crippen LogP contribution is -2.41. The SMILES string of the molecule is COCCn1c(SC(C)C(=O)N2CCC(C)CC2)nnc1-c1ccncc1. The first-order chi connectivity index (χ1) is 13.1. The molecule has 2 aromatic rings. The van der Waals surface area contributed by atoms with E-state index in [1.165, 1.54) is 11.8 Å². The van der Waals surface area contributed by atoms with Crippen LogP contribution in [0.3, 0.4) is 0 Å². The number of piperidine rings is 1. The molecule has 0 N–H and O–H groups in total. The number of hydrogen-bond donors (Lipinski definition) is 0. The largest absolute Gasteiger partial charge is 0.383 e. The summed E-state index contributed by atoms with van der Waals surface area (Å²) in [6, 6.07) is 3.82. The molecule has 1 aliphatic rings. The number of rotatable bonds is 7. The van der Waals surface area contributed by atoms with Gasteiger partial charge >= 0.3 is 0 Å². The van der Waals surface area contributed by atoms with E-state index in [-0.39, 0.29) is 11.2 Å². The summed E-state index contributed by atoms with van der Waals surface area (Å²) < 4.78 is 7.26. The zero-order valence-electron chi connectivity index (χ0n) is 16.2. The summed E-state index contributed by atoms with van der Waals surface area (Å²) in [7, 11) is 1.67. The molecule has 0 radical (unpaired) electrons. The minimum absolute atomic E-state index is 0.179. The predicted octanol–water partition coefficient (Wildman–Crippen LogP) is 2.73. The molecule has 2 aromatic heterocycles. The van der Waals surface area contributed by atoms with E-state index in [0.717, 1.165) is 42.5 Å². The molecule has 1 amide bonds. The van der Waals surface area contributed by atoms with Gasteiger partial charge in [-0.1, -0.05) is 18.7 Å². The smallest absolute Gasteiger partial charge is 0.235 e. The summed E-state index contributed by atoms with van der Waals surface area (Å²) in [6.45, 7) is 7.08. The van der Waals surface area contributed by atoms with Gasteiger partial charge in [-0.2, -0.15) is 0 Å². The Morgan fingerprint density at radius 2 is 2.00 bits per heavy atom. The zero-order valence-corrected chi connectivity index (χ0v) is 17.0. The Kier molecular flexibility index (Phi) is 6.84. The normalized spacial score (nSPS) is 16.5. The minimum atomic E-state index is -0.200. The number of nitrogens with zero attached hydrogens (tertiary/aromatic N) is 5. The van der Waals surface area contributed by atoms with Crippen molar-refractivity contribution in [2.24, 2.45) is 5.92 Å². The highest BCUT2D eigenvalue weighted by molar-refractivity contribution is 8.00. The van der Waals surface area contributed by atoms with Crippen LogP contribution in [0.2, 0.25) is 0 Å². The Hall–Kier alpha value is -1.93. The number of thioether (sulfide) groups is 1. The molecule has 0 spiro atoms. The van der Waals surface area contributed by atoms with Crippen LogP contribution in [0, 0.1) is 5.92 Å². The third-order valence-electron chi connectivity index (χ3n) is 4.90. The molecule has 1 atom stereocenters. The first-order valence-corrected chi connectivity index (χ1v) is 10.3. The quantitative estimate of drug-likeness (QED) is 0.678. The van der Waals surface area contributed by atoms with Gasteiger partial charge < -0.3 is 9.64 Å². The van der Waals surface area contributed by atoms with E-state index in [9.17, 15) is 4.79 Å². The lowest BCUT2D eigenvalue weighted by molar-refractivity contribution is -0.131. The third kappa shape index (κ3) is 4.87. The Morgan fingerprint density at radius 1 is 1.30 bits per heavy atom. The fraction of sp³-hybridized carbons (Fsp3) is 0.579. The summed E-state index contributed by atoms with van der Waals surface area (Å²) in [5, 5.41) is 9.25. The number of pyridine rings is 1. The van der Waals surface area contributed by atoms with Gasteiger partial charge in [-0.3, -0.25) is 14.3 Å². The van der Waals surface area contributed by atoms with Crippen LogP contribution in [0.4, 0.5) is 0 Å². The fourth-order valence-electron chi connectivity index (χ4n) is 3.17. The van der Waals surface area contributed by atoms with Crippen molar-refractivity contribution in [2.75, 3.05) is 26.8 Å². The van der Waals surface area contributed by atoms with Crippen molar-refractivity contribution < 1.29 is 9.53 Å². The molecule has 7 nitrogen and oxygen atoms in total. The standard InChI is InChI=1S/C19H27N5O2S/c1-14-6-10-23(11-7-14)18(25)15(2)27-19-22-21-17(24(19)12-13-26-3)16-4-8-20-9-5-16/h4-5,8-9,14-15H,6-7,10-13H2,1-3H3. The van der Waals surface area contributed by atoms with Crippen LogP contribution >= 0.6 is 11.8 Å². The van der Waals surface area contributed by atoms with Crippen molar-refractivity contribution >= 4 is 17.7 Å². The molecule has 1 unspecified atom stereocenters. The third-order valence-corrected chi connectivity index (χ3v) is 5.97. The van der Waals surface area contributed by atoms with E-state index in [1.807, 2.05) is 28.5 Å². The molecule has 0 aliphatic carbocycles. The van der Waals surface area contributed by atoms with Crippen LogP contribution in [0.5, 0.6) is 0 Å². The van der Waals surface area contributed by atoms with Crippen LogP contribution in [-0.2, 0) is 16.1 Å². The number of hydrogen-bond acceptors (Lipinski definition) is 6. The molecule has 3 heterocycles. The van der Waals surface area contributed by atoms with Gasteiger partial charge in [-0.25, -0.2) is 0 Å². The van der Waals surface area contributed by atoms with Crippen LogP contribution in [0.25, 0.3) is 11.4 Å². The number of amides is 1. The van der Waals surface area contributed by atoms with Gasteiger partial charge in [0.1, 0.15) is 0 Å². The number of ether oxygens (including phenoxy) is 1. The van der Waals surface area contributed by atoms with E-state index in [4.69, 9.17) is 4.74 Å². The minimum Gasteiger partial charge on any atom is -0.383 e. The van der Waals surface area contributed by atoms with Crippen LogP contribution in [-0.4, -0.2) is 62.6 Å². The fourth-order valence-corrected chi connectivity index (χ4v) is 4.13. The second kappa shape index (κ2) is 9.32. The van der Waals surface area contributed by atoms with E-state index in [0.29, 0.717) is 19.1 Å². The maximum absolute atomic E-state index is 12.8. The van der Waals surface area contributed by atoms with E-state index >= 15 is 0 Å². The second-order valence-corrected chi connectivity index (χ2v) is 8.26. The predicted molar refractivity (Wildman–Crippen MR) is 105 cm³/mol. The number of methoxy groups -OCH3 is 1. The van der Waals surface area contributed by atoms with Crippen molar-refractivity contribution in [3.8, 4) is 11.4 Å². The molecule has 146 valence electrons. The Balaban J connectivity index is 1.75. The topological polar surface area (TPSA) is 73.1 Å². The van der Waals surface area contributed by atoms with Gasteiger partial charge in [0.2, 0.25) is 5.91 Å². The summed E-state index contributed by atoms with van der Waals surface area (Å²) in [5.41, 5.74) is 0.949. The summed E-state index contributed by atoms with van der Waals surface area (Å²) >= 11 is 1.47. The molecule has 0 saturated carbocycles. The highest BCUT2D eigenvalue weighted by Crippen LogP contribution is 2.28. The van der Waals surface area contributed by atoms with Gasteiger partial charge in [-0.05, 0) is 37.8 Å². The van der Waals surface area contributed by atoms with Crippen molar-refractivity contribution in [1.29, 1.82) is 0 Å². The second-order valence-electron chi connectivity index (χ2n) is 6.95. The maximum atomic E-state index is 12.8. The monoisotopic (exact) mass is 389 g/mol. The molecule has 0 bridgehead atoms. The molecule has 27 heavy (non-hydrogen) atoms. The van der Waals surface area contributed by atoms with Crippen LogP contribution in [0.15, 0.2) is 29.7 Å². The van der Waals surface area contributed by atoms with E-state index in [2.05, 4.69) is 22.1 Å². The van der Waals surface area contributed by atoms with Crippen molar-refractivity contribution in [3.63, 3.8) is 0 Å². The lowest BCUT2D eigenvalue weighted by Gasteiger charge is -2.32. The van der Waals surface area contributed by atoms with E-state index in [1.54, 1.807) is 19.5 Å². The summed E-state index contributed by atoms with van der Waals surface area (Å²) in [4.78, 5) is 18.9. The summed E-state index contributed by atoms with van der Waals surface area (Å²) in [5.74, 6) is 1.65. The molecule has 1 saturated heterocycles. The molecule has 1 aliphatic heterocycles. The Labute approximate surface area is 164 Å². The van der Waals surface area contributed by atoms with Gasteiger partial charge in [0, 0.05) is 38.2 Å². The lowest BCUT2D eigenvalue weighted by atomic mass is 9.99. The number of aromatic nitrogens is 4. The Bertz CT molecular complexity index is 744. The number of carbonyl (C=O) groups is 1.